The molecule has 16 heavy (non-hydrogen) atoms. The molecule has 86 valence electrons. The number of nitrogens with zero attached hydrogens (tertiary/aromatic N) is 3. The number of hydrogen-bond donors (Lipinski definition) is 1. The minimum atomic E-state index is 0.394. The lowest BCUT2D eigenvalue weighted by atomic mass is 10.2. The van der Waals surface area contributed by atoms with Crippen LogP contribution in [0.15, 0.2) is 17.8 Å². The molecule has 4 nitrogen and oxygen atoms in total. The van der Waals surface area contributed by atoms with Crippen molar-refractivity contribution >= 4 is 27.4 Å². The minimum Gasteiger partial charge on any atom is -0.356 e. The molecule has 0 aliphatic carbocycles. The van der Waals surface area contributed by atoms with Crippen molar-refractivity contribution < 1.29 is 0 Å². The van der Waals surface area contributed by atoms with Crippen LogP contribution in [0.4, 0.5) is 5.82 Å². The molecule has 1 atom stereocenters. The molecule has 0 bridgehead atoms. The second-order valence-electron chi connectivity index (χ2n) is 3.87. The number of thiophene rings is 1. The summed E-state index contributed by atoms with van der Waals surface area (Å²) < 4.78 is 1.15. The average molecular weight is 236 g/mol. The summed E-state index contributed by atoms with van der Waals surface area (Å²) in [5.74, 6) is 1.00. The van der Waals surface area contributed by atoms with Gasteiger partial charge < -0.3 is 10.6 Å². The molecular formula is C11H16N4S. The standard InChI is InChI=1S/C11H16N4S/c1-8(3-5-12)15(2)11-10-9(4-6-16-10)13-7-14-11/h4,6-8H,3,5,12H2,1-2H3. The number of nitrogens with two attached hydrogens (primary N) is 1. The summed E-state index contributed by atoms with van der Waals surface area (Å²) in [6.45, 7) is 2.86. The van der Waals surface area contributed by atoms with Gasteiger partial charge in [-0.3, -0.25) is 0 Å². The van der Waals surface area contributed by atoms with Crippen molar-refractivity contribution in [3.63, 3.8) is 0 Å². The van der Waals surface area contributed by atoms with Crippen LogP contribution in [0.25, 0.3) is 10.2 Å². The van der Waals surface area contributed by atoms with E-state index in [1.54, 1.807) is 17.7 Å². The Bertz CT molecular complexity index is 468. The van der Waals surface area contributed by atoms with Crippen molar-refractivity contribution in [3.05, 3.63) is 17.8 Å². The van der Waals surface area contributed by atoms with Gasteiger partial charge in [0.25, 0.3) is 0 Å². The van der Waals surface area contributed by atoms with Crippen molar-refractivity contribution in [1.82, 2.24) is 9.97 Å². The maximum Gasteiger partial charge on any atom is 0.150 e. The molecule has 2 N–H and O–H groups in total. The Morgan fingerprint density at radius 3 is 3.06 bits per heavy atom. The van der Waals surface area contributed by atoms with E-state index in [1.165, 1.54) is 0 Å². The summed E-state index contributed by atoms with van der Waals surface area (Å²) in [6, 6.07) is 2.41. The van der Waals surface area contributed by atoms with Crippen molar-refractivity contribution in [2.24, 2.45) is 5.73 Å². The topological polar surface area (TPSA) is 55.0 Å². The Balaban J connectivity index is 2.35. The molecular weight excluding hydrogens is 220 g/mol. The van der Waals surface area contributed by atoms with Crippen molar-refractivity contribution in [2.45, 2.75) is 19.4 Å². The molecule has 0 fully saturated rings. The maximum atomic E-state index is 5.58. The first kappa shape index (κ1) is 11.3. The molecule has 5 heteroatoms. The van der Waals surface area contributed by atoms with Crippen molar-refractivity contribution in [1.29, 1.82) is 0 Å². The smallest absolute Gasteiger partial charge is 0.150 e. The fourth-order valence-electron chi connectivity index (χ4n) is 1.67. The van der Waals surface area contributed by atoms with E-state index in [1.807, 2.05) is 11.4 Å². The molecule has 2 aromatic rings. The minimum absolute atomic E-state index is 0.394. The molecule has 0 saturated carbocycles. The summed E-state index contributed by atoms with van der Waals surface area (Å²) in [6.07, 6.45) is 2.59. The van der Waals surface area contributed by atoms with Crippen LogP contribution in [0.3, 0.4) is 0 Å². The molecule has 0 spiro atoms. The second-order valence-corrected chi connectivity index (χ2v) is 4.79. The fourth-order valence-corrected chi connectivity index (χ4v) is 2.55. The second kappa shape index (κ2) is 4.76. The normalized spacial score (nSPS) is 12.9. The summed E-state index contributed by atoms with van der Waals surface area (Å²) in [4.78, 5) is 10.8. The molecule has 0 amide bonds. The lowest BCUT2D eigenvalue weighted by molar-refractivity contribution is 0.631. The van der Waals surface area contributed by atoms with Gasteiger partial charge in [0.2, 0.25) is 0 Å². The zero-order valence-corrected chi connectivity index (χ0v) is 10.4. The first-order valence-electron chi connectivity index (χ1n) is 5.35. The van der Waals surface area contributed by atoms with Crippen LogP contribution in [0.2, 0.25) is 0 Å². The molecule has 0 aliphatic rings. The fraction of sp³-hybridized carbons (Fsp3) is 0.455. The molecule has 0 aliphatic heterocycles. The van der Waals surface area contributed by atoms with Crippen LogP contribution in [-0.4, -0.2) is 29.6 Å². The van der Waals surface area contributed by atoms with E-state index in [0.29, 0.717) is 12.6 Å². The Morgan fingerprint density at radius 1 is 1.50 bits per heavy atom. The summed E-state index contributed by atoms with van der Waals surface area (Å²) >= 11 is 1.68. The van der Waals surface area contributed by atoms with Gasteiger partial charge in [-0.15, -0.1) is 11.3 Å². The Hall–Kier alpha value is -1.20. The van der Waals surface area contributed by atoms with Gasteiger partial charge in [-0.1, -0.05) is 0 Å². The highest BCUT2D eigenvalue weighted by molar-refractivity contribution is 7.17. The van der Waals surface area contributed by atoms with Crippen molar-refractivity contribution in [3.8, 4) is 0 Å². The molecule has 2 aromatic heterocycles. The van der Waals surface area contributed by atoms with Crippen molar-refractivity contribution in [2.75, 3.05) is 18.5 Å². The Morgan fingerprint density at radius 2 is 2.31 bits per heavy atom. The molecule has 0 radical (unpaired) electrons. The predicted octanol–water partition coefficient (Wildman–Crippen LogP) is 1.86. The third kappa shape index (κ3) is 2.01. The molecule has 1 unspecified atom stereocenters. The highest BCUT2D eigenvalue weighted by atomic mass is 32.1. The lowest BCUT2D eigenvalue weighted by Crippen LogP contribution is -2.31. The molecule has 0 saturated heterocycles. The molecule has 0 aromatic carbocycles. The van der Waals surface area contributed by atoms with Crippen LogP contribution < -0.4 is 10.6 Å². The van der Waals surface area contributed by atoms with Gasteiger partial charge in [-0.25, -0.2) is 9.97 Å². The van der Waals surface area contributed by atoms with E-state index in [-0.39, 0.29) is 0 Å². The van der Waals surface area contributed by atoms with E-state index >= 15 is 0 Å². The highest BCUT2D eigenvalue weighted by Crippen LogP contribution is 2.28. The number of rotatable bonds is 4. The van der Waals surface area contributed by atoms with E-state index in [0.717, 1.165) is 22.5 Å². The lowest BCUT2D eigenvalue weighted by Gasteiger charge is -2.25. The Kier molecular flexibility index (Phi) is 3.36. The quantitative estimate of drug-likeness (QED) is 0.880. The van der Waals surface area contributed by atoms with Gasteiger partial charge in [0.05, 0.1) is 10.2 Å². The van der Waals surface area contributed by atoms with Crippen LogP contribution in [0.5, 0.6) is 0 Å². The van der Waals surface area contributed by atoms with E-state index < -0.39 is 0 Å². The monoisotopic (exact) mass is 236 g/mol. The van der Waals surface area contributed by atoms with Gasteiger partial charge in [0.15, 0.2) is 0 Å². The maximum absolute atomic E-state index is 5.58. The van der Waals surface area contributed by atoms with Gasteiger partial charge in [0.1, 0.15) is 12.1 Å². The largest absolute Gasteiger partial charge is 0.356 e. The zero-order valence-electron chi connectivity index (χ0n) is 9.55. The molecule has 2 rings (SSSR count). The van der Waals surface area contributed by atoms with E-state index in [2.05, 4.69) is 28.8 Å². The van der Waals surface area contributed by atoms with Crippen LogP contribution >= 0.6 is 11.3 Å². The first-order valence-corrected chi connectivity index (χ1v) is 6.23. The van der Waals surface area contributed by atoms with Gasteiger partial charge in [0, 0.05) is 13.1 Å². The van der Waals surface area contributed by atoms with Crippen LogP contribution in [0, 0.1) is 0 Å². The Labute approximate surface area is 99.1 Å². The summed E-state index contributed by atoms with van der Waals surface area (Å²) in [5.41, 5.74) is 6.60. The highest BCUT2D eigenvalue weighted by Gasteiger charge is 2.14. The number of anilines is 1. The van der Waals surface area contributed by atoms with Crippen LogP contribution in [0.1, 0.15) is 13.3 Å². The van der Waals surface area contributed by atoms with Gasteiger partial charge in [-0.2, -0.15) is 0 Å². The third-order valence-electron chi connectivity index (χ3n) is 2.80. The summed E-state index contributed by atoms with van der Waals surface area (Å²) in [5, 5.41) is 2.05. The number of fused-ring (bicyclic) bond motifs is 1. The zero-order chi connectivity index (χ0) is 11.5. The average Bonchev–Trinajstić information content (AvgIpc) is 2.76. The molecule has 2 heterocycles. The van der Waals surface area contributed by atoms with E-state index in [9.17, 15) is 0 Å². The number of aromatic nitrogens is 2. The first-order chi connectivity index (χ1) is 7.74. The van der Waals surface area contributed by atoms with Gasteiger partial charge in [-0.05, 0) is 31.3 Å². The van der Waals surface area contributed by atoms with Gasteiger partial charge >= 0.3 is 0 Å². The number of hydrogen-bond acceptors (Lipinski definition) is 5. The third-order valence-corrected chi connectivity index (χ3v) is 3.70. The predicted molar refractivity (Wildman–Crippen MR) is 69.0 cm³/mol. The summed E-state index contributed by atoms with van der Waals surface area (Å²) in [7, 11) is 2.06. The van der Waals surface area contributed by atoms with E-state index in [4.69, 9.17) is 5.73 Å². The SMILES string of the molecule is CC(CCN)N(C)c1ncnc2ccsc12. The van der Waals surface area contributed by atoms with Crippen LogP contribution in [-0.2, 0) is 0 Å².